The van der Waals surface area contributed by atoms with Gasteiger partial charge in [0.25, 0.3) is 5.91 Å². The summed E-state index contributed by atoms with van der Waals surface area (Å²) < 4.78 is 25.1. The Bertz CT molecular complexity index is 1040. The summed E-state index contributed by atoms with van der Waals surface area (Å²) in [6.45, 7) is 4.28. The molecule has 4 nitrogen and oxygen atoms in total. The lowest BCUT2D eigenvalue weighted by atomic mass is 9.92. The smallest absolute Gasteiger partial charge is 0.251 e. The van der Waals surface area contributed by atoms with Crippen molar-refractivity contribution >= 4 is 27.1 Å². The predicted molar refractivity (Wildman–Crippen MR) is 122 cm³/mol. The quantitative estimate of drug-likeness (QED) is 0.468. The first-order valence-corrected chi connectivity index (χ1v) is 12.7. The first-order valence-electron chi connectivity index (χ1n) is 10.2. The topological polar surface area (TPSA) is 63.2 Å². The molecule has 0 saturated heterocycles. The van der Waals surface area contributed by atoms with Gasteiger partial charge in [-0.2, -0.15) is 0 Å². The van der Waals surface area contributed by atoms with E-state index >= 15 is 0 Å². The van der Waals surface area contributed by atoms with Crippen molar-refractivity contribution in [3.63, 3.8) is 0 Å². The maximum atomic E-state index is 12.9. The molecule has 0 aliphatic carbocycles. The lowest BCUT2D eigenvalue weighted by molar-refractivity contribution is 0.0920. The van der Waals surface area contributed by atoms with Crippen LogP contribution in [0.5, 0.6) is 0 Å². The first-order chi connectivity index (χ1) is 14.4. The summed E-state index contributed by atoms with van der Waals surface area (Å²) in [7, 11) is -3.41. The van der Waals surface area contributed by atoms with Gasteiger partial charge in [0, 0.05) is 10.4 Å². The lowest BCUT2D eigenvalue weighted by Crippen LogP contribution is -2.32. The molecule has 6 heteroatoms. The standard InChI is InChI=1S/C24H27NO3S2/c1-3-19(4-2)23(22-11-8-16-29-22)25-24(26)20-14-12-18(13-15-20)17-30(27,28)21-9-6-5-7-10-21/h5-16,19,23H,3-4,17H2,1-2H3,(H,25,26). The average molecular weight is 442 g/mol. The van der Waals surface area contributed by atoms with Crippen molar-refractivity contribution in [2.24, 2.45) is 5.92 Å². The number of hydrogen-bond donors (Lipinski definition) is 1. The van der Waals surface area contributed by atoms with Gasteiger partial charge in [0.1, 0.15) is 0 Å². The van der Waals surface area contributed by atoms with Gasteiger partial charge in [-0.05, 0) is 47.2 Å². The van der Waals surface area contributed by atoms with E-state index in [0.29, 0.717) is 21.9 Å². The second-order valence-electron chi connectivity index (χ2n) is 7.31. The second kappa shape index (κ2) is 10.0. The fraction of sp³-hybridized carbons (Fsp3) is 0.292. The average Bonchev–Trinajstić information content (AvgIpc) is 3.29. The molecule has 0 bridgehead atoms. The largest absolute Gasteiger partial charge is 0.344 e. The van der Waals surface area contributed by atoms with Crippen molar-refractivity contribution in [2.75, 3.05) is 0 Å². The monoisotopic (exact) mass is 441 g/mol. The Kier molecular flexibility index (Phi) is 7.45. The number of amides is 1. The Hall–Kier alpha value is -2.44. The number of benzene rings is 2. The molecule has 3 aromatic rings. The Morgan fingerprint density at radius 3 is 2.17 bits per heavy atom. The van der Waals surface area contributed by atoms with Crippen molar-refractivity contribution in [1.29, 1.82) is 0 Å². The van der Waals surface area contributed by atoms with E-state index in [-0.39, 0.29) is 17.7 Å². The molecule has 1 aromatic heterocycles. The molecule has 1 N–H and O–H groups in total. The minimum Gasteiger partial charge on any atom is -0.344 e. The SMILES string of the molecule is CCC(CC)C(NC(=O)c1ccc(CS(=O)(=O)c2ccccc2)cc1)c1cccs1. The summed E-state index contributed by atoms with van der Waals surface area (Å²) in [5.41, 5.74) is 1.19. The zero-order valence-corrected chi connectivity index (χ0v) is 18.9. The number of thiophene rings is 1. The van der Waals surface area contributed by atoms with E-state index in [1.807, 2.05) is 11.4 Å². The van der Waals surface area contributed by atoms with Gasteiger partial charge >= 0.3 is 0 Å². The highest BCUT2D eigenvalue weighted by Crippen LogP contribution is 2.30. The number of nitrogens with one attached hydrogen (secondary N) is 1. The highest BCUT2D eigenvalue weighted by atomic mass is 32.2. The molecule has 0 aliphatic rings. The summed E-state index contributed by atoms with van der Waals surface area (Å²) in [5.74, 6) is 0.130. The number of hydrogen-bond acceptors (Lipinski definition) is 4. The van der Waals surface area contributed by atoms with Crippen molar-refractivity contribution in [1.82, 2.24) is 5.32 Å². The van der Waals surface area contributed by atoms with E-state index in [4.69, 9.17) is 0 Å². The van der Waals surface area contributed by atoms with Crippen LogP contribution in [0.3, 0.4) is 0 Å². The number of sulfone groups is 1. The molecule has 0 radical (unpaired) electrons. The van der Waals surface area contributed by atoms with Crippen molar-refractivity contribution in [2.45, 2.75) is 43.4 Å². The van der Waals surface area contributed by atoms with Crippen LogP contribution >= 0.6 is 11.3 Å². The zero-order valence-electron chi connectivity index (χ0n) is 17.2. The summed E-state index contributed by atoms with van der Waals surface area (Å²) in [4.78, 5) is 14.3. The molecule has 1 heterocycles. The van der Waals surface area contributed by atoms with Crippen LogP contribution in [0.15, 0.2) is 77.0 Å². The van der Waals surface area contributed by atoms with Crippen LogP contribution in [0.1, 0.15) is 53.5 Å². The molecule has 30 heavy (non-hydrogen) atoms. The van der Waals surface area contributed by atoms with Crippen molar-refractivity contribution < 1.29 is 13.2 Å². The molecule has 0 saturated carbocycles. The molecule has 0 aliphatic heterocycles. The fourth-order valence-corrected chi connectivity index (χ4v) is 5.80. The second-order valence-corrected chi connectivity index (χ2v) is 10.3. The van der Waals surface area contributed by atoms with Crippen LogP contribution in [0, 0.1) is 5.92 Å². The van der Waals surface area contributed by atoms with Crippen molar-refractivity contribution in [3.8, 4) is 0 Å². The van der Waals surface area contributed by atoms with Crippen LogP contribution in [-0.2, 0) is 15.6 Å². The van der Waals surface area contributed by atoms with Gasteiger partial charge in [0.05, 0.1) is 16.7 Å². The molecular weight excluding hydrogens is 414 g/mol. The molecule has 1 unspecified atom stereocenters. The maximum absolute atomic E-state index is 12.9. The Balaban J connectivity index is 1.73. The number of rotatable bonds is 9. The van der Waals surface area contributed by atoms with Gasteiger partial charge in [0.15, 0.2) is 9.84 Å². The Morgan fingerprint density at radius 2 is 1.60 bits per heavy atom. The molecule has 3 rings (SSSR count). The van der Waals surface area contributed by atoms with E-state index in [0.717, 1.165) is 17.7 Å². The maximum Gasteiger partial charge on any atom is 0.251 e. The third-order valence-electron chi connectivity index (χ3n) is 5.33. The molecule has 1 atom stereocenters. The Morgan fingerprint density at radius 1 is 0.933 bits per heavy atom. The molecule has 158 valence electrons. The van der Waals surface area contributed by atoms with Crippen LogP contribution in [-0.4, -0.2) is 14.3 Å². The van der Waals surface area contributed by atoms with Gasteiger partial charge in [-0.15, -0.1) is 11.3 Å². The van der Waals surface area contributed by atoms with Gasteiger partial charge < -0.3 is 5.32 Å². The molecule has 2 aromatic carbocycles. The van der Waals surface area contributed by atoms with Gasteiger partial charge in [0.2, 0.25) is 0 Å². The summed E-state index contributed by atoms with van der Waals surface area (Å²) >= 11 is 1.65. The van der Waals surface area contributed by atoms with E-state index in [2.05, 4.69) is 25.2 Å². The summed E-state index contributed by atoms with van der Waals surface area (Å²) in [6.07, 6.45) is 1.96. The van der Waals surface area contributed by atoms with Gasteiger partial charge in [-0.25, -0.2) is 8.42 Å². The lowest BCUT2D eigenvalue weighted by Gasteiger charge is -2.25. The number of carbonyl (C=O) groups excluding carboxylic acids is 1. The Labute approximate surface area is 182 Å². The fourth-order valence-electron chi connectivity index (χ4n) is 3.56. The van der Waals surface area contributed by atoms with Crippen LogP contribution in [0.4, 0.5) is 0 Å². The highest BCUT2D eigenvalue weighted by molar-refractivity contribution is 7.90. The van der Waals surface area contributed by atoms with Crippen LogP contribution in [0.2, 0.25) is 0 Å². The first kappa shape index (κ1) is 22.2. The molecule has 0 fully saturated rings. The third-order valence-corrected chi connectivity index (χ3v) is 7.99. The van der Waals surface area contributed by atoms with Crippen molar-refractivity contribution in [3.05, 3.63) is 88.1 Å². The molecule has 0 spiro atoms. The van der Waals surface area contributed by atoms with E-state index in [1.54, 1.807) is 65.9 Å². The zero-order chi connectivity index (χ0) is 21.6. The summed E-state index contributed by atoms with van der Waals surface area (Å²) in [5, 5.41) is 5.21. The minimum absolute atomic E-state index is 0.0226. The minimum atomic E-state index is -3.41. The third kappa shape index (κ3) is 5.37. The van der Waals surface area contributed by atoms with Gasteiger partial charge in [-0.3, -0.25) is 4.79 Å². The highest BCUT2D eigenvalue weighted by Gasteiger charge is 2.24. The number of carbonyl (C=O) groups is 1. The van der Waals surface area contributed by atoms with Crippen LogP contribution < -0.4 is 5.32 Å². The van der Waals surface area contributed by atoms with E-state index in [9.17, 15) is 13.2 Å². The normalized spacial score (nSPS) is 12.6. The predicted octanol–water partition coefficient (Wildman–Crippen LogP) is 5.63. The molecular formula is C24H27NO3S2. The van der Waals surface area contributed by atoms with E-state index < -0.39 is 9.84 Å². The van der Waals surface area contributed by atoms with Crippen LogP contribution in [0.25, 0.3) is 0 Å². The summed E-state index contributed by atoms with van der Waals surface area (Å²) in [6, 6.07) is 19.3. The molecule has 1 amide bonds. The van der Waals surface area contributed by atoms with Gasteiger partial charge in [-0.1, -0.05) is 63.1 Å². The van der Waals surface area contributed by atoms with E-state index in [1.165, 1.54) is 0 Å².